The van der Waals surface area contributed by atoms with Gasteiger partial charge in [0.1, 0.15) is 12.4 Å². The quantitative estimate of drug-likeness (QED) is 0.706. The second-order valence-corrected chi connectivity index (χ2v) is 4.88. The first-order chi connectivity index (χ1) is 8.67. The first-order valence-electron chi connectivity index (χ1n) is 6.73. The maximum Gasteiger partial charge on any atom is 0.119 e. The van der Waals surface area contributed by atoms with Crippen LogP contribution in [0.1, 0.15) is 32.8 Å². The molecule has 1 atom stereocenters. The van der Waals surface area contributed by atoms with E-state index < -0.39 is 0 Å². The lowest BCUT2D eigenvalue weighted by Gasteiger charge is -2.20. The molecule has 0 fully saturated rings. The first kappa shape index (κ1) is 14.8. The molecule has 2 heteroatoms. The molecule has 100 valence electrons. The predicted molar refractivity (Wildman–Crippen MR) is 77.9 cm³/mol. The van der Waals surface area contributed by atoms with Crippen molar-refractivity contribution in [3.8, 4) is 5.75 Å². The van der Waals surface area contributed by atoms with Crippen LogP contribution in [0.15, 0.2) is 36.9 Å². The molecule has 1 unspecified atom stereocenters. The van der Waals surface area contributed by atoms with E-state index in [0.29, 0.717) is 18.6 Å². The average Bonchev–Trinajstić information content (AvgIpc) is 2.38. The minimum Gasteiger partial charge on any atom is -0.490 e. The van der Waals surface area contributed by atoms with Crippen molar-refractivity contribution in [2.45, 2.75) is 39.8 Å². The van der Waals surface area contributed by atoms with Gasteiger partial charge in [0.25, 0.3) is 0 Å². The number of hydrogen-bond donors (Lipinski definition) is 1. The molecule has 18 heavy (non-hydrogen) atoms. The smallest absolute Gasteiger partial charge is 0.119 e. The summed E-state index contributed by atoms with van der Waals surface area (Å²) < 4.78 is 5.46. The van der Waals surface area contributed by atoms with E-state index in [1.165, 1.54) is 5.56 Å². The van der Waals surface area contributed by atoms with Crippen LogP contribution in [0, 0.1) is 5.92 Å². The van der Waals surface area contributed by atoms with Crippen LogP contribution in [-0.2, 0) is 6.54 Å². The Morgan fingerprint density at radius 3 is 2.44 bits per heavy atom. The summed E-state index contributed by atoms with van der Waals surface area (Å²) >= 11 is 0. The molecule has 0 saturated carbocycles. The van der Waals surface area contributed by atoms with Gasteiger partial charge in [0.05, 0.1) is 0 Å². The summed E-state index contributed by atoms with van der Waals surface area (Å²) in [6.45, 7) is 11.8. The van der Waals surface area contributed by atoms with E-state index in [9.17, 15) is 0 Å². The van der Waals surface area contributed by atoms with Crippen LogP contribution in [0.3, 0.4) is 0 Å². The van der Waals surface area contributed by atoms with Crippen molar-refractivity contribution in [3.63, 3.8) is 0 Å². The molecule has 0 aliphatic carbocycles. The van der Waals surface area contributed by atoms with Gasteiger partial charge >= 0.3 is 0 Å². The largest absolute Gasteiger partial charge is 0.490 e. The summed E-state index contributed by atoms with van der Waals surface area (Å²) in [5.74, 6) is 1.57. The van der Waals surface area contributed by atoms with E-state index in [1.807, 2.05) is 12.1 Å². The Kier molecular flexibility index (Phi) is 6.51. The third-order valence-electron chi connectivity index (χ3n) is 3.10. The van der Waals surface area contributed by atoms with Gasteiger partial charge in [-0.25, -0.2) is 0 Å². The maximum absolute atomic E-state index is 5.46. The highest BCUT2D eigenvalue weighted by Crippen LogP contribution is 2.13. The van der Waals surface area contributed by atoms with Crippen molar-refractivity contribution >= 4 is 0 Å². The molecule has 0 aromatic heterocycles. The van der Waals surface area contributed by atoms with Gasteiger partial charge in [0.15, 0.2) is 0 Å². The second-order valence-electron chi connectivity index (χ2n) is 4.88. The molecule has 0 aliphatic heterocycles. The summed E-state index contributed by atoms with van der Waals surface area (Å²) in [4.78, 5) is 0. The van der Waals surface area contributed by atoms with Gasteiger partial charge in [-0.3, -0.25) is 0 Å². The van der Waals surface area contributed by atoms with E-state index in [0.717, 1.165) is 18.7 Å². The highest BCUT2D eigenvalue weighted by Gasteiger charge is 2.09. The lowest BCUT2D eigenvalue weighted by molar-refractivity contribution is 0.362. The fourth-order valence-corrected chi connectivity index (χ4v) is 1.96. The third-order valence-corrected chi connectivity index (χ3v) is 3.10. The summed E-state index contributed by atoms with van der Waals surface area (Å²) in [5.41, 5.74) is 1.29. The Hall–Kier alpha value is -1.28. The van der Waals surface area contributed by atoms with E-state index in [1.54, 1.807) is 6.08 Å². The topological polar surface area (TPSA) is 21.3 Å². The fourth-order valence-electron chi connectivity index (χ4n) is 1.96. The van der Waals surface area contributed by atoms with E-state index >= 15 is 0 Å². The molecule has 1 aromatic rings. The Bertz CT molecular complexity index is 343. The zero-order valence-corrected chi connectivity index (χ0v) is 11.8. The van der Waals surface area contributed by atoms with Crippen LogP contribution in [0.25, 0.3) is 0 Å². The van der Waals surface area contributed by atoms with Crippen molar-refractivity contribution < 1.29 is 4.74 Å². The van der Waals surface area contributed by atoms with Crippen LogP contribution >= 0.6 is 0 Å². The third kappa shape index (κ3) is 4.92. The lowest BCUT2D eigenvalue weighted by Crippen LogP contribution is -2.32. The normalized spacial score (nSPS) is 12.4. The first-order valence-corrected chi connectivity index (χ1v) is 6.73. The van der Waals surface area contributed by atoms with Crippen molar-refractivity contribution in [1.82, 2.24) is 5.32 Å². The highest BCUT2D eigenvalue weighted by atomic mass is 16.5. The molecule has 0 spiro atoms. The molecule has 1 aromatic carbocycles. The molecule has 1 rings (SSSR count). The Labute approximate surface area is 111 Å². The van der Waals surface area contributed by atoms with Crippen molar-refractivity contribution in [3.05, 3.63) is 42.5 Å². The molecular weight excluding hydrogens is 222 g/mol. The summed E-state index contributed by atoms with van der Waals surface area (Å²) in [6, 6.07) is 8.83. The standard InChI is InChI=1S/C16H25NO/c1-5-11-18-15-9-7-14(8-10-15)12-17-16(6-2)13(3)4/h5,7-10,13,16-17H,1,6,11-12H2,2-4H3. The van der Waals surface area contributed by atoms with Crippen LogP contribution in [0.2, 0.25) is 0 Å². The second kappa shape index (κ2) is 7.93. The van der Waals surface area contributed by atoms with Crippen LogP contribution < -0.4 is 10.1 Å². The number of nitrogens with one attached hydrogen (secondary N) is 1. The van der Waals surface area contributed by atoms with Crippen LogP contribution in [0.4, 0.5) is 0 Å². The average molecular weight is 247 g/mol. The number of benzene rings is 1. The van der Waals surface area contributed by atoms with Crippen LogP contribution in [0.5, 0.6) is 5.75 Å². The van der Waals surface area contributed by atoms with Crippen LogP contribution in [-0.4, -0.2) is 12.6 Å². The van der Waals surface area contributed by atoms with E-state index in [4.69, 9.17) is 4.74 Å². The van der Waals surface area contributed by atoms with Gasteiger partial charge in [0.2, 0.25) is 0 Å². The molecule has 1 N–H and O–H groups in total. The minimum atomic E-state index is 0.558. The highest BCUT2D eigenvalue weighted by molar-refractivity contribution is 5.27. The SMILES string of the molecule is C=CCOc1ccc(CNC(CC)C(C)C)cc1. The summed E-state index contributed by atoms with van der Waals surface area (Å²) in [5, 5.41) is 3.59. The zero-order valence-electron chi connectivity index (χ0n) is 11.8. The molecule has 0 amide bonds. The minimum absolute atomic E-state index is 0.558. The van der Waals surface area contributed by atoms with Gasteiger partial charge in [-0.05, 0) is 30.0 Å². The van der Waals surface area contributed by atoms with Gasteiger partial charge in [-0.15, -0.1) is 0 Å². The van der Waals surface area contributed by atoms with Gasteiger partial charge in [-0.2, -0.15) is 0 Å². The molecule has 0 radical (unpaired) electrons. The summed E-state index contributed by atoms with van der Waals surface area (Å²) in [7, 11) is 0. The fraction of sp³-hybridized carbons (Fsp3) is 0.500. The molecule has 0 heterocycles. The van der Waals surface area contributed by atoms with Gasteiger partial charge in [0, 0.05) is 12.6 Å². The molecule has 0 bridgehead atoms. The van der Waals surface area contributed by atoms with Gasteiger partial charge in [-0.1, -0.05) is 45.6 Å². The van der Waals surface area contributed by atoms with E-state index in [2.05, 4.69) is 44.8 Å². The monoisotopic (exact) mass is 247 g/mol. The zero-order chi connectivity index (χ0) is 13.4. The Morgan fingerprint density at radius 1 is 1.28 bits per heavy atom. The molecule has 0 saturated heterocycles. The number of ether oxygens (including phenoxy) is 1. The number of rotatable bonds is 8. The Morgan fingerprint density at radius 2 is 1.94 bits per heavy atom. The summed E-state index contributed by atoms with van der Waals surface area (Å²) in [6.07, 6.45) is 2.92. The maximum atomic E-state index is 5.46. The Balaban J connectivity index is 2.45. The lowest BCUT2D eigenvalue weighted by atomic mass is 10.0. The van der Waals surface area contributed by atoms with E-state index in [-0.39, 0.29) is 0 Å². The van der Waals surface area contributed by atoms with Crippen molar-refractivity contribution in [1.29, 1.82) is 0 Å². The van der Waals surface area contributed by atoms with Crippen molar-refractivity contribution in [2.24, 2.45) is 5.92 Å². The molecule has 0 aliphatic rings. The molecule has 2 nitrogen and oxygen atoms in total. The molecular formula is C16H25NO. The predicted octanol–water partition coefficient (Wildman–Crippen LogP) is 3.78. The number of hydrogen-bond acceptors (Lipinski definition) is 2. The van der Waals surface area contributed by atoms with Crippen molar-refractivity contribution in [2.75, 3.05) is 6.61 Å². The van der Waals surface area contributed by atoms with Gasteiger partial charge < -0.3 is 10.1 Å².